The van der Waals surface area contributed by atoms with Crippen molar-refractivity contribution in [2.24, 2.45) is 0 Å². The summed E-state index contributed by atoms with van der Waals surface area (Å²) in [6.45, 7) is 0. The van der Waals surface area contributed by atoms with Crippen LogP contribution >= 0.6 is 11.8 Å². The molecule has 0 aliphatic heterocycles. The Morgan fingerprint density at radius 2 is 1.88 bits per heavy atom. The lowest BCUT2D eigenvalue weighted by Crippen LogP contribution is -2.22. The van der Waals surface area contributed by atoms with Crippen molar-refractivity contribution in [3.8, 4) is 22.8 Å². The Balaban J connectivity index is 1.84. The molecular formula is C23H26N4O4S2. The molecule has 3 aromatic rings. The van der Waals surface area contributed by atoms with Crippen molar-refractivity contribution in [2.75, 3.05) is 21.2 Å². The molecule has 1 fully saturated rings. The van der Waals surface area contributed by atoms with Gasteiger partial charge in [0.05, 0.1) is 22.9 Å². The minimum Gasteiger partial charge on any atom is -0.497 e. The number of thioether (sulfide) groups is 1. The maximum absolute atomic E-state index is 12.7. The first-order valence-electron chi connectivity index (χ1n) is 10.6. The van der Waals surface area contributed by atoms with E-state index in [0.717, 1.165) is 24.9 Å². The topological polar surface area (TPSA) is 94.4 Å². The van der Waals surface area contributed by atoms with Crippen LogP contribution in [0, 0.1) is 0 Å². The van der Waals surface area contributed by atoms with Crippen molar-refractivity contribution in [1.29, 1.82) is 0 Å². The van der Waals surface area contributed by atoms with Gasteiger partial charge in [-0.05, 0) is 37.1 Å². The molecule has 4 rings (SSSR count). The second-order valence-electron chi connectivity index (χ2n) is 7.98. The van der Waals surface area contributed by atoms with Crippen molar-refractivity contribution in [1.82, 2.24) is 19.1 Å². The maximum atomic E-state index is 12.7. The fourth-order valence-corrected chi connectivity index (χ4v) is 5.85. The second-order valence-corrected chi connectivity index (χ2v) is 11.3. The third-order valence-electron chi connectivity index (χ3n) is 5.56. The highest BCUT2D eigenvalue weighted by Crippen LogP contribution is 2.35. The summed E-state index contributed by atoms with van der Waals surface area (Å²) in [5.74, 6) is 1.39. The number of rotatable bonds is 7. The van der Waals surface area contributed by atoms with E-state index < -0.39 is 10.0 Å². The molecule has 0 spiro atoms. The van der Waals surface area contributed by atoms with Crippen LogP contribution in [0.5, 0.6) is 5.75 Å². The van der Waals surface area contributed by atoms with Gasteiger partial charge in [-0.2, -0.15) is 0 Å². The minimum absolute atomic E-state index is 0.166. The predicted octanol–water partition coefficient (Wildman–Crippen LogP) is 3.80. The number of ketones is 1. The number of ether oxygens (including phenoxy) is 1. The molecule has 2 aromatic carbocycles. The average molecular weight is 487 g/mol. The number of carbonyl (C=O) groups excluding carboxylic acids is 1. The largest absolute Gasteiger partial charge is 0.497 e. The Kier molecular flexibility index (Phi) is 6.87. The molecule has 1 saturated carbocycles. The third-order valence-corrected chi connectivity index (χ3v) is 8.63. The molecule has 33 heavy (non-hydrogen) atoms. The monoisotopic (exact) mass is 486 g/mol. The van der Waals surface area contributed by atoms with Gasteiger partial charge < -0.3 is 4.74 Å². The van der Waals surface area contributed by atoms with Crippen LogP contribution in [0.3, 0.4) is 0 Å². The van der Waals surface area contributed by atoms with Crippen LogP contribution in [0.1, 0.15) is 25.7 Å². The summed E-state index contributed by atoms with van der Waals surface area (Å²) in [6.07, 6.45) is 3.33. The van der Waals surface area contributed by atoms with Crippen LogP contribution in [-0.2, 0) is 14.8 Å². The zero-order valence-electron chi connectivity index (χ0n) is 18.8. The molecule has 1 aliphatic rings. The van der Waals surface area contributed by atoms with Gasteiger partial charge in [0.25, 0.3) is 0 Å². The molecule has 1 atom stereocenters. The van der Waals surface area contributed by atoms with Crippen molar-refractivity contribution < 1.29 is 17.9 Å². The Labute approximate surface area is 198 Å². The first kappa shape index (κ1) is 23.5. The Morgan fingerprint density at radius 3 is 2.61 bits per heavy atom. The van der Waals surface area contributed by atoms with Crippen LogP contribution in [0.25, 0.3) is 17.1 Å². The molecule has 1 aliphatic carbocycles. The molecule has 0 amide bonds. The number of hydrogen-bond acceptors (Lipinski definition) is 7. The lowest BCUT2D eigenvalue weighted by Gasteiger charge is -2.20. The molecule has 1 heterocycles. The number of sulfonamides is 1. The highest BCUT2D eigenvalue weighted by molar-refractivity contribution is 8.00. The smallest absolute Gasteiger partial charge is 0.242 e. The van der Waals surface area contributed by atoms with Gasteiger partial charge in [-0.1, -0.05) is 36.4 Å². The third kappa shape index (κ3) is 4.83. The molecule has 0 unspecified atom stereocenters. The van der Waals surface area contributed by atoms with Gasteiger partial charge in [0, 0.05) is 32.1 Å². The van der Waals surface area contributed by atoms with E-state index in [4.69, 9.17) is 4.74 Å². The van der Waals surface area contributed by atoms with Crippen LogP contribution < -0.4 is 4.74 Å². The summed E-state index contributed by atoms with van der Waals surface area (Å²) in [6, 6.07) is 14.1. The highest BCUT2D eigenvalue weighted by atomic mass is 32.2. The average Bonchev–Trinajstić information content (AvgIpc) is 3.24. The minimum atomic E-state index is -3.61. The lowest BCUT2D eigenvalue weighted by molar-refractivity contribution is -0.119. The summed E-state index contributed by atoms with van der Waals surface area (Å²) >= 11 is 1.41. The van der Waals surface area contributed by atoms with E-state index in [1.165, 1.54) is 30.2 Å². The van der Waals surface area contributed by atoms with Crippen molar-refractivity contribution >= 4 is 27.6 Å². The molecule has 0 radical (unpaired) electrons. The van der Waals surface area contributed by atoms with Gasteiger partial charge in [-0.15, -0.1) is 10.2 Å². The second kappa shape index (κ2) is 9.66. The van der Waals surface area contributed by atoms with Gasteiger partial charge in [0.1, 0.15) is 11.5 Å². The number of methoxy groups -OCH3 is 1. The van der Waals surface area contributed by atoms with E-state index in [1.807, 2.05) is 28.8 Å². The van der Waals surface area contributed by atoms with Gasteiger partial charge >= 0.3 is 0 Å². The van der Waals surface area contributed by atoms with E-state index in [1.54, 1.807) is 31.4 Å². The first-order valence-corrected chi connectivity index (χ1v) is 13.0. The molecule has 8 nitrogen and oxygen atoms in total. The number of Topliss-reactive ketones (excluding diaryl/α,β-unsaturated/α-hetero) is 1. The van der Waals surface area contributed by atoms with E-state index in [2.05, 4.69) is 10.2 Å². The van der Waals surface area contributed by atoms with Crippen molar-refractivity contribution in [2.45, 2.75) is 41.0 Å². The summed E-state index contributed by atoms with van der Waals surface area (Å²) in [4.78, 5) is 12.6. The SMILES string of the molecule is COc1cccc(-n2c(S[C@@H]3CCCCC3=O)nnc2-c2cccc(S(=O)(=O)N(C)C)c2)c1. The maximum Gasteiger partial charge on any atom is 0.242 e. The van der Waals surface area contributed by atoms with Gasteiger partial charge in [-0.3, -0.25) is 9.36 Å². The number of aromatic nitrogens is 3. The Hall–Kier alpha value is -2.69. The summed E-state index contributed by atoms with van der Waals surface area (Å²) in [5, 5.41) is 9.23. The first-order chi connectivity index (χ1) is 15.8. The fourth-order valence-electron chi connectivity index (χ4n) is 3.72. The van der Waals surface area contributed by atoms with Crippen molar-refractivity contribution in [3.63, 3.8) is 0 Å². The van der Waals surface area contributed by atoms with Crippen LogP contribution in [0.15, 0.2) is 58.6 Å². The van der Waals surface area contributed by atoms with Gasteiger partial charge in [0.2, 0.25) is 10.0 Å². The number of nitrogens with zero attached hydrogens (tertiary/aromatic N) is 4. The van der Waals surface area contributed by atoms with E-state index in [9.17, 15) is 13.2 Å². The summed E-state index contributed by atoms with van der Waals surface area (Å²) < 4.78 is 33.8. The molecule has 174 valence electrons. The predicted molar refractivity (Wildman–Crippen MR) is 127 cm³/mol. The standard InChI is InChI=1S/C23H26N4O4S2/c1-26(2)33(29,30)19-11-6-8-16(14-19)22-24-25-23(32-21-13-5-4-12-20(21)28)27(22)17-9-7-10-18(15-17)31-3/h6-11,14-15,21H,4-5,12-13H2,1-3H3/t21-/m1/s1. The Bertz CT molecular complexity index is 1270. The molecule has 0 bridgehead atoms. The van der Waals surface area contributed by atoms with Crippen LogP contribution in [-0.4, -0.2) is 59.7 Å². The van der Waals surface area contributed by atoms with Crippen LogP contribution in [0.2, 0.25) is 0 Å². The summed E-state index contributed by atoms with van der Waals surface area (Å²) in [7, 11) is 0.976. The molecule has 0 N–H and O–H groups in total. The number of hydrogen-bond donors (Lipinski definition) is 0. The van der Waals surface area contributed by atoms with E-state index in [0.29, 0.717) is 28.7 Å². The normalized spacial score (nSPS) is 16.8. The molecular weight excluding hydrogens is 460 g/mol. The quantitative estimate of drug-likeness (QED) is 0.501. The fraction of sp³-hybridized carbons (Fsp3) is 0.348. The number of benzene rings is 2. The molecule has 10 heteroatoms. The van der Waals surface area contributed by atoms with Gasteiger partial charge in [0.15, 0.2) is 11.0 Å². The summed E-state index contributed by atoms with van der Waals surface area (Å²) in [5.41, 5.74) is 1.37. The zero-order chi connectivity index (χ0) is 23.6. The van der Waals surface area contributed by atoms with Gasteiger partial charge in [-0.25, -0.2) is 12.7 Å². The van der Waals surface area contributed by atoms with E-state index in [-0.39, 0.29) is 15.9 Å². The molecule has 0 saturated heterocycles. The van der Waals surface area contributed by atoms with Crippen molar-refractivity contribution in [3.05, 3.63) is 48.5 Å². The highest BCUT2D eigenvalue weighted by Gasteiger charge is 2.27. The Morgan fingerprint density at radius 1 is 1.09 bits per heavy atom. The lowest BCUT2D eigenvalue weighted by atomic mass is 9.99. The number of carbonyl (C=O) groups is 1. The molecule has 1 aromatic heterocycles. The van der Waals surface area contributed by atoms with E-state index >= 15 is 0 Å². The van der Waals surface area contributed by atoms with Crippen LogP contribution in [0.4, 0.5) is 0 Å². The zero-order valence-corrected chi connectivity index (χ0v) is 20.4.